The van der Waals surface area contributed by atoms with E-state index in [1.807, 2.05) is 0 Å². The average Bonchev–Trinajstić information content (AvgIpc) is 2.60. The van der Waals surface area contributed by atoms with Crippen LogP contribution in [0.2, 0.25) is 0 Å². The molecule has 0 spiro atoms. The molecule has 10 heteroatoms. The number of nitrogens with zero attached hydrogens (tertiary/aromatic N) is 1. The molecular weight excluding hydrogens is 367 g/mol. The van der Waals surface area contributed by atoms with Crippen LogP contribution in [0.25, 0.3) is 0 Å². The third-order valence-electron chi connectivity index (χ3n) is 3.46. The highest BCUT2D eigenvalue weighted by Gasteiger charge is 2.30. The summed E-state index contributed by atoms with van der Waals surface area (Å²) in [5.74, 6) is 0. The van der Waals surface area contributed by atoms with E-state index in [0.29, 0.717) is 11.3 Å². The Kier molecular flexibility index (Phi) is 6.22. The van der Waals surface area contributed by atoms with Crippen LogP contribution >= 0.6 is 0 Å². The molecule has 0 aliphatic carbocycles. The van der Waals surface area contributed by atoms with Crippen molar-refractivity contribution >= 4 is 23.2 Å². The van der Waals surface area contributed by atoms with Gasteiger partial charge in [-0.2, -0.15) is 13.2 Å². The number of alkyl halides is 3. The Morgan fingerprint density at radius 1 is 1.22 bits per heavy atom. The first kappa shape index (κ1) is 20.0. The molecule has 144 valence electrons. The third kappa shape index (κ3) is 5.59. The Balaban J connectivity index is 2.14. The van der Waals surface area contributed by atoms with Gasteiger partial charge in [-0.15, -0.1) is 0 Å². The lowest BCUT2D eigenvalue weighted by Crippen LogP contribution is -2.14. The third-order valence-corrected chi connectivity index (χ3v) is 3.46. The van der Waals surface area contributed by atoms with Crippen LogP contribution in [0, 0.1) is 10.1 Å². The summed E-state index contributed by atoms with van der Waals surface area (Å²) in [4.78, 5) is 22.0. The number of halogens is 3. The number of hydrogen-bond acceptors (Lipinski definition) is 5. The quantitative estimate of drug-likeness (QED) is 0.552. The molecule has 7 nitrogen and oxygen atoms in total. The molecule has 2 aromatic carbocycles. The van der Waals surface area contributed by atoms with Crippen molar-refractivity contribution < 1.29 is 27.6 Å². The van der Waals surface area contributed by atoms with Crippen molar-refractivity contribution in [2.75, 3.05) is 17.2 Å². The number of hydrogen-bond donors (Lipinski definition) is 2. The van der Waals surface area contributed by atoms with Gasteiger partial charge in [0.1, 0.15) is 5.69 Å². The minimum atomic E-state index is -4.45. The first-order valence-corrected chi connectivity index (χ1v) is 7.83. The molecule has 0 saturated heterocycles. The molecule has 0 atom stereocenters. The molecule has 0 aliphatic heterocycles. The van der Waals surface area contributed by atoms with Crippen LogP contribution < -0.4 is 10.6 Å². The van der Waals surface area contributed by atoms with Crippen molar-refractivity contribution in [2.24, 2.45) is 0 Å². The molecule has 0 radical (unpaired) electrons. The number of anilines is 2. The van der Waals surface area contributed by atoms with E-state index in [1.54, 1.807) is 6.92 Å². The van der Waals surface area contributed by atoms with Gasteiger partial charge in [0, 0.05) is 18.3 Å². The molecule has 0 fully saturated rings. The van der Waals surface area contributed by atoms with Crippen molar-refractivity contribution in [3.05, 3.63) is 63.7 Å². The van der Waals surface area contributed by atoms with Crippen LogP contribution in [0.15, 0.2) is 42.5 Å². The maximum atomic E-state index is 12.7. The molecular formula is C17H16F3N3O4. The Morgan fingerprint density at radius 3 is 2.59 bits per heavy atom. The molecule has 0 heterocycles. The second-order valence-electron chi connectivity index (χ2n) is 5.39. The van der Waals surface area contributed by atoms with Crippen molar-refractivity contribution in [3.63, 3.8) is 0 Å². The maximum Gasteiger partial charge on any atom is 0.416 e. The van der Waals surface area contributed by atoms with Crippen LogP contribution in [-0.2, 0) is 17.5 Å². The summed E-state index contributed by atoms with van der Waals surface area (Å²) in [6.07, 6.45) is -5.28. The fraction of sp³-hybridized carbons (Fsp3) is 0.235. The van der Waals surface area contributed by atoms with E-state index in [2.05, 4.69) is 15.4 Å². The molecule has 2 rings (SSSR count). The SMILES string of the molecule is CCOC(=O)Nc1ccc(NCc2cccc(C(F)(F)F)c2)cc1[N+](=O)[O-]. The Morgan fingerprint density at radius 2 is 1.96 bits per heavy atom. The van der Waals surface area contributed by atoms with E-state index >= 15 is 0 Å². The summed E-state index contributed by atoms with van der Waals surface area (Å²) in [7, 11) is 0. The monoisotopic (exact) mass is 383 g/mol. The number of nitrogens with one attached hydrogen (secondary N) is 2. The van der Waals surface area contributed by atoms with E-state index in [1.165, 1.54) is 30.3 Å². The van der Waals surface area contributed by atoms with Crippen molar-refractivity contribution in [1.82, 2.24) is 0 Å². The molecule has 0 aromatic heterocycles. The van der Waals surface area contributed by atoms with Crippen molar-refractivity contribution in [3.8, 4) is 0 Å². The van der Waals surface area contributed by atoms with E-state index < -0.39 is 22.8 Å². The zero-order chi connectivity index (χ0) is 20.0. The summed E-state index contributed by atoms with van der Waals surface area (Å²) in [6, 6.07) is 8.70. The van der Waals surface area contributed by atoms with Gasteiger partial charge < -0.3 is 10.1 Å². The molecule has 27 heavy (non-hydrogen) atoms. The van der Waals surface area contributed by atoms with Gasteiger partial charge in [0.2, 0.25) is 0 Å². The molecule has 0 saturated carbocycles. The molecule has 2 aromatic rings. The van der Waals surface area contributed by atoms with Crippen LogP contribution in [0.5, 0.6) is 0 Å². The van der Waals surface area contributed by atoms with Gasteiger partial charge >= 0.3 is 12.3 Å². The number of benzene rings is 2. The summed E-state index contributed by atoms with van der Waals surface area (Å²) < 4.78 is 42.9. The zero-order valence-electron chi connectivity index (χ0n) is 14.2. The lowest BCUT2D eigenvalue weighted by molar-refractivity contribution is -0.383. The normalized spacial score (nSPS) is 11.0. The fourth-order valence-electron chi connectivity index (χ4n) is 2.24. The number of nitro groups is 1. The lowest BCUT2D eigenvalue weighted by Gasteiger charge is -2.11. The Bertz CT molecular complexity index is 840. The number of ether oxygens (including phenoxy) is 1. The highest BCUT2D eigenvalue weighted by molar-refractivity contribution is 5.88. The summed E-state index contributed by atoms with van der Waals surface area (Å²) in [6.45, 7) is 1.73. The molecule has 0 unspecified atom stereocenters. The van der Waals surface area contributed by atoms with Gasteiger partial charge in [0.15, 0.2) is 0 Å². The summed E-state index contributed by atoms with van der Waals surface area (Å²) in [5.41, 5.74) is -0.531. The van der Waals surface area contributed by atoms with Gasteiger partial charge in [-0.05, 0) is 36.8 Å². The number of amides is 1. The van der Waals surface area contributed by atoms with E-state index in [4.69, 9.17) is 0 Å². The predicted octanol–water partition coefficient (Wildman–Crippen LogP) is 4.79. The zero-order valence-corrected chi connectivity index (χ0v) is 14.2. The number of nitro benzene ring substituents is 1. The highest BCUT2D eigenvalue weighted by Crippen LogP contribution is 2.30. The van der Waals surface area contributed by atoms with Crippen molar-refractivity contribution in [2.45, 2.75) is 19.6 Å². The summed E-state index contributed by atoms with van der Waals surface area (Å²) >= 11 is 0. The smallest absolute Gasteiger partial charge is 0.416 e. The second kappa shape index (κ2) is 8.39. The van der Waals surface area contributed by atoms with Crippen LogP contribution in [0.1, 0.15) is 18.1 Å². The Hall–Kier alpha value is -3.30. The molecule has 1 amide bonds. The van der Waals surface area contributed by atoms with Gasteiger partial charge in [0.25, 0.3) is 5.69 Å². The lowest BCUT2D eigenvalue weighted by atomic mass is 10.1. The maximum absolute atomic E-state index is 12.7. The van der Waals surface area contributed by atoms with Crippen LogP contribution in [0.4, 0.5) is 35.0 Å². The highest BCUT2D eigenvalue weighted by atomic mass is 19.4. The largest absolute Gasteiger partial charge is 0.450 e. The number of carbonyl (C=O) groups is 1. The second-order valence-corrected chi connectivity index (χ2v) is 5.39. The van der Waals surface area contributed by atoms with E-state index in [-0.39, 0.29) is 24.5 Å². The number of carbonyl (C=O) groups excluding carboxylic acids is 1. The van der Waals surface area contributed by atoms with Gasteiger partial charge in [-0.1, -0.05) is 12.1 Å². The van der Waals surface area contributed by atoms with Crippen LogP contribution in [-0.4, -0.2) is 17.6 Å². The first-order chi connectivity index (χ1) is 12.7. The summed E-state index contributed by atoms with van der Waals surface area (Å²) in [5, 5.41) is 16.3. The van der Waals surface area contributed by atoms with Crippen molar-refractivity contribution in [1.29, 1.82) is 0 Å². The minimum Gasteiger partial charge on any atom is -0.450 e. The number of rotatable bonds is 6. The average molecular weight is 383 g/mol. The Labute approximate surface area is 152 Å². The predicted molar refractivity (Wildman–Crippen MR) is 92.5 cm³/mol. The van der Waals surface area contributed by atoms with Gasteiger partial charge in [-0.25, -0.2) is 4.79 Å². The van der Waals surface area contributed by atoms with E-state index in [9.17, 15) is 28.1 Å². The standard InChI is InChI=1S/C17H16F3N3O4/c1-2-27-16(24)22-14-7-6-13(9-15(14)23(25)26)21-10-11-4-3-5-12(8-11)17(18,19)20/h3-9,21H,2,10H2,1H3,(H,22,24). The minimum absolute atomic E-state index is 0.0335. The molecule has 0 aliphatic rings. The fourth-order valence-corrected chi connectivity index (χ4v) is 2.24. The molecule has 2 N–H and O–H groups in total. The van der Waals surface area contributed by atoms with E-state index in [0.717, 1.165) is 12.1 Å². The van der Waals surface area contributed by atoms with Gasteiger partial charge in [-0.3, -0.25) is 15.4 Å². The molecule has 0 bridgehead atoms. The van der Waals surface area contributed by atoms with Gasteiger partial charge in [0.05, 0.1) is 17.1 Å². The van der Waals surface area contributed by atoms with Crippen LogP contribution in [0.3, 0.4) is 0 Å². The first-order valence-electron chi connectivity index (χ1n) is 7.83. The topological polar surface area (TPSA) is 93.5 Å².